The smallest absolute Gasteiger partial charge is 0.254 e. The topological polar surface area (TPSA) is 94.2 Å². The monoisotopic (exact) mass is 580 g/mol. The first-order valence-electron chi connectivity index (χ1n) is 15.6. The summed E-state index contributed by atoms with van der Waals surface area (Å²) in [5, 5.41) is 2.93. The predicted molar refractivity (Wildman–Crippen MR) is 171 cm³/mol. The molecule has 1 aliphatic carbocycles. The van der Waals surface area contributed by atoms with Gasteiger partial charge in [0.25, 0.3) is 11.8 Å². The van der Waals surface area contributed by atoms with Gasteiger partial charge in [0, 0.05) is 36.0 Å². The Morgan fingerprint density at radius 3 is 2.40 bits per heavy atom. The Kier molecular flexibility index (Phi) is 9.87. The number of para-hydroxylation sites is 2. The van der Waals surface area contributed by atoms with Gasteiger partial charge in [0.1, 0.15) is 5.82 Å². The van der Waals surface area contributed by atoms with Gasteiger partial charge in [-0.1, -0.05) is 18.2 Å². The average molecular weight is 581 g/mol. The molecule has 1 unspecified atom stereocenters. The molecule has 2 heterocycles. The number of H-pyrrole nitrogens is 1. The zero-order chi connectivity index (χ0) is 30.3. The van der Waals surface area contributed by atoms with Gasteiger partial charge in [-0.3, -0.25) is 19.5 Å². The number of nitrogens with one attached hydrogen (secondary N) is 2. The minimum atomic E-state index is -0.207. The third-order valence-corrected chi connectivity index (χ3v) is 8.44. The lowest BCUT2D eigenvalue weighted by molar-refractivity contribution is 0.0642. The van der Waals surface area contributed by atoms with Crippen molar-refractivity contribution in [2.24, 2.45) is 0 Å². The van der Waals surface area contributed by atoms with Crippen molar-refractivity contribution in [3.63, 3.8) is 0 Å². The summed E-state index contributed by atoms with van der Waals surface area (Å²) in [4.78, 5) is 44.0. The third kappa shape index (κ3) is 7.31. The zero-order valence-electron chi connectivity index (χ0n) is 25.8. The van der Waals surface area contributed by atoms with Gasteiger partial charge in [0.2, 0.25) is 0 Å². The first kappa shape index (κ1) is 30.4. The van der Waals surface area contributed by atoms with E-state index in [-0.39, 0.29) is 17.9 Å². The second-order valence-electron chi connectivity index (χ2n) is 12.0. The van der Waals surface area contributed by atoms with Crippen molar-refractivity contribution in [2.45, 2.75) is 84.5 Å². The van der Waals surface area contributed by atoms with Crippen LogP contribution in [0.15, 0.2) is 66.9 Å². The summed E-state index contributed by atoms with van der Waals surface area (Å²) in [5.41, 5.74) is 5.15. The summed E-state index contributed by atoms with van der Waals surface area (Å²) in [7, 11) is 0. The van der Waals surface area contributed by atoms with E-state index in [1.165, 1.54) is 5.56 Å². The number of hydrogen-bond acceptors (Lipinski definition) is 5. The van der Waals surface area contributed by atoms with Crippen LogP contribution >= 0.6 is 0 Å². The molecule has 1 atom stereocenters. The van der Waals surface area contributed by atoms with Crippen molar-refractivity contribution < 1.29 is 9.59 Å². The molecule has 4 aromatic rings. The van der Waals surface area contributed by atoms with Gasteiger partial charge in [-0.25, -0.2) is 4.98 Å². The molecule has 8 nitrogen and oxygen atoms in total. The van der Waals surface area contributed by atoms with E-state index in [0.29, 0.717) is 42.1 Å². The maximum atomic E-state index is 14.1. The van der Waals surface area contributed by atoms with Crippen LogP contribution in [0, 0.1) is 0 Å². The number of carbonyl (C=O) groups excluding carboxylic acids is 2. The highest BCUT2D eigenvalue weighted by Gasteiger charge is 2.31. The Bertz CT molecular complexity index is 1490. The van der Waals surface area contributed by atoms with Crippen molar-refractivity contribution in [3.8, 4) is 0 Å². The van der Waals surface area contributed by atoms with Crippen LogP contribution in [-0.4, -0.2) is 61.7 Å². The van der Waals surface area contributed by atoms with Crippen molar-refractivity contribution >= 4 is 22.8 Å². The fourth-order valence-corrected chi connectivity index (χ4v) is 6.26. The number of hydrogen-bond donors (Lipinski definition) is 2. The molecule has 8 heteroatoms. The number of carbonyl (C=O) groups is 2. The van der Waals surface area contributed by atoms with Crippen molar-refractivity contribution in [1.82, 2.24) is 30.1 Å². The van der Waals surface area contributed by atoms with E-state index >= 15 is 0 Å². The van der Waals surface area contributed by atoms with Crippen LogP contribution in [0.2, 0.25) is 0 Å². The summed E-state index contributed by atoms with van der Waals surface area (Å²) in [6, 6.07) is 19.8. The number of fused-ring (bicyclic) bond motifs is 2. The number of nitrogens with zero attached hydrogens (tertiary/aromatic N) is 4. The summed E-state index contributed by atoms with van der Waals surface area (Å²) >= 11 is 0. The summed E-state index contributed by atoms with van der Waals surface area (Å²) < 4.78 is 0. The lowest BCUT2D eigenvalue weighted by atomic mass is 9.90. The molecule has 0 spiro atoms. The van der Waals surface area contributed by atoms with Gasteiger partial charge < -0.3 is 15.2 Å². The summed E-state index contributed by atoms with van der Waals surface area (Å²) in [6.45, 7) is 10.9. The number of amides is 2. The van der Waals surface area contributed by atoms with Crippen molar-refractivity contribution in [3.05, 3.63) is 95.1 Å². The SMILES string of the molecule is CC(C)N(CCCCN(C(=O)c1ccc(C(=O)NCc2nc3ccccc3[nH]2)cc1)C1CCCc2cccnc21)C(C)C. The largest absolute Gasteiger partial charge is 0.345 e. The molecule has 0 aliphatic heterocycles. The fraction of sp³-hybridized carbons (Fsp3) is 0.429. The maximum absolute atomic E-state index is 14.1. The highest BCUT2D eigenvalue weighted by Crippen LogP contribution is 2.34. The van der Waals surface area contributed by atoms with Crippen LogP contribution in [0.1, 0.15) is 97.2 Å². The first-order chi connectivity index (χ1) is 20.8. The number of benzene rings is 2. The van der Waals surface area contributed by atoms with E-state index in [0.717, 1.165) is 55.4 Å². The molecule has 43 heavy (non-hydrogen) atoms. The van der Waals surface area contributed by atoms with Gasteiger partial charge in [-0.05, 0) is 114 Å². The molecule has 5 rings (SSSR count). The molecule has 2 N–H and O–H groups in total. The van der Waals surface area contributed by atoms with Crippen LogP contribution in [-0.2, 0) is 13.0 Å². The van der Waals surface area contributed by atoms with E-state index in [9.17, 15) is 9.59 Å². The Morgan fingerprint density at radius 1 is 0.930 bits per heavy atom. The van der Waals surface area contributed by atoms with Crippen LogP contribution in [0.25, 0.3) is 11.0 Å². The number of aryl methyl sites for hydroxylation is 1. The highest BCUT2D eigenvalue weighted by atomic mass is 16.2. The van der Waals surface area contributed by atoms with Crippen molar-refractivity contribution in [2.75, 3.05) is 13.1 Å². The molecule has 2 amide bonds. The average Bonchev–Trinajstić information content (AvgIpc) is 3.44. The first-order valence-corrected chi connectivity index (χ1v) is 15.6. The van der Waals surface area contributed by atoms with Crippen LogP contribution in [0.4, 0.5) is 0 Å². The van der Waals surface area contributed by atoms with E-state index < -0.39 is 0 Å². The van der Waals surface area contributed by atoms with Gasteiger partial charge in [-0.2, -0.15) is 0 Å². The fourth-order valence-electron chi connectivity index (χ4n) is 6.26. The number of aromatic nitrogens is 3. The Balaban J connectivity index is 1.27. The predicted octanol–water partition coefficient (Wildman–Crippen LogP) is 6.31. The standard InChI is InChI=1S/C35H44N6O2/c1-24(2)40(25(3)4)21-7-8-22-41(31-15-9-11-26-12-10-20-36-33(26)31)35(43)28-18-16-27(17-19-28)34(42)37-23-32-38-29-13-5-6-14-30(29)39-32/h5-6,10,12-14,16-20,24-25,31H,7-9,11,15,21-23H2,1-4H3,(H,37,42)(H,38,39). The molecule has 226 valence electrons. The van der Waals surface area contributed by atoms with Crippen LogP contribution in [0.3, 0.4) is 0 Å². The quantitative estimate of drug-likeness (QED) is 0.192. The molecule has 0 saturated heterocycles. The van der Waals surface area contributed by atoms with E-state index in [2.05, 4.69) is 53.9 Å². The van der Waals surface area contributed by atoms with Crippen LogP contribution in [0.5, 0.6) is 0 Å². The second-order valence-corrected chi connectivity index (χ2v) is 12.0. The van der Waals surface area contributed by atoms with E-state index in [4.69, 9.17) is 4.98 Å². The molecule has 0 fully saturated rings. The minimum Gasteiger partial charge on any atom is -0.345 e. The lowest BCUT2D eigenvalue weighted by Gasteiger charge is -2.36. The lowest BCUT2D eigenvalue weighted by Crippen LogP contribution is -2.39. The van der Waals surface area contributed by atoms with Gasteiger partial charge >= 0.3 is 0 Å². The Labute approximate surface area is 254 Å². The highest BCUT2D eigenvalue weighted by molar-refractivity contribution is 5.98. The van der Waals surface area contributed by atoms with Gasteiger partial charge in [0.05, 0.1) is 29.3 Å². The van der Waals surface area contributed by atoms with Crippen molar-refractivity contribution in [1.29, 1.82) is 0 Å². The number of imidazole rings is 1. The Morgan fingerprint density at radius 2 is 1.65 bits per heavy atom. The van der Waals surface area contributed by atoms with Gasteiger partial charge in [-0.15, -0.1) is 0 Å². The molecule has 0 radical (unpaired) electrons. The molecule has 0 saturated carbocycles. The molecule has 2 aromatic carbocycles. The third-order valence-electron chi connectivity index (χ3n) is 8.44. The van der Waals surface area contributed by atoms with E-state index in [1.54, 1.807) is 24.3 Å². The molecular formula is C35H44N6O2. The molecule has 1 aliphatic rings. The van der Waals surface area contributed by atoms with Crippen LogP contribution < -0.4 is 5.32 Å². The minimum absolute atomic E-state index is 0.0117. The maximum Gasteiger partial charge on any atom is 0.254 e. The Hall–Kier alpha value is -4.04. The number of aromatic amines is 1. The number of rotatable bonds is 12. The normalized spacial score (nSPS) is 14.8. The summed E-state index contributed by atoms with van der Waals surface area (Å²) in [5.74, 6) is 0.479. The number of pyridine rings is 1. The number of unbranched alkanes of at least 4 members (excludes halogenated alkanes) is 1. The van der Waals surface area contributed by atoms with E-state index in [1.807, 2.05) is 41.4 Å². The molecular weight excluding hydrogens is 536 g/mol. The molecule has 0 bridgehead atoms. The second kappa shape index (κ2) is 14.0. The van der Waals surface area contributed by atoms with Gasteiger partial charge in [0.15, 0.2) is 0 Å². The summed E-state index contributed by atoms with van der Waals surface area (Å²) in [6.07, 6.45) is 6.71. The molecule has 2 aromatic heterocycles. The zero-order valence-corrected chi connectivity index (χ0v) is 25.8.